The number of ether oxygens (including phenoxy) is 2. The van der Waals surface area contributed by atoms with Gasteiger partial charge in [0.15, 0.2) is 0 Å². The molecule has 42 heavy (non-hydrogen) atoms. The predicted molar refractivity (Wildman–Crippen MR) is 148 cm³/mol. The van der Waals surface area contributed by atoms with E-state index in [2.05, 4.69) is 0 Å². The molecule has 0 aromatic heterocycles. The Morgan fingerprint density at radius 3 is 1.29 bits per heavy atom. The molecule has 4 unspecified atom stereocenters. The molecule has 4 atom stereocenters. The number of nitro groups is 2. The molecule has 6 rings (SSSR count). The van der Waals surface area contributed by atoms with Crippen molar-refractivity contribution in [1.82, 2.24) is 0 Å². The molecule has 0 saturated carbocycles. The number of benzene rings is 4. The normalized spacial score (nSPS) is 20.4. The minimum Gasteiger partial charge on any atom is -0.508 e. The monoisotopic (exact) mass is 574 g/mol. The van der Waals surface area contributed by atoms with Crippen LogP contribution in [-0.4, -0.2) is 30.3 Å². The van der Waals surface area contributed by atoms with Gasteiger partial charge in [-0.1, -0.05) is 0 Å². The summed E-state index contributed by atoms with van der Waals surface area (Å²) in [5.41, 5.74) is 2.65. The lowest BCUT2D eigenvalue weighted by Gasteiger charge is -2.29. The maximum atomic E-state index is 10.6. The molecule has 0 spiro atoms. The highest BCUT2D eigenvalue weighted by Crippen LogP contribution is 2.43. The lowest BCUT2D eigenvalue weighted by atomic mass is 9.95. The number of fused-ring (bicyclic) bond motifs is 2. The first-order valence-corrected chi connectivity index (χ1v) is 12.9. The van der Waals surface area contributed by atoms with E-state index in [0.717, 1.165) is 11.1 Å². The number of aliphatic hydroxyl groups excluding tert-OH is 2. The van der Waals surface area contributed by atoms with E-state index in [9.17, 15) is 40.7 Å². The summed E-state index contributed by atoms with van der Waals surface area (Å²) in [6.45, 7) is 0. The molecular weight excluding hydrogens is 548 g/mol. The van der Waals surface area contributed by atoms with Crippen molar-refractivity contribution in [3.63, 3.8) is 0 Å². The number of nitro benzene ring substituents is 2. The van der Waals surface area contributed by atoms with Crippen molar-refractivity contribution >= 4 is 11.4 Å². The van der Waals surface area contributed by atoms with E-state index >= 15 is 0 Å². The number of phenols is 2. The lowest BCUT2D eigenvalue weighted by molar-refractivity contribution is -0.385. The van der Waals surface area contributed by atoms with Gasteiger partial charge in [0, 0.05) is 48.2 Å². The van der Waals surface area contributed by atoms with E-state index in [1.807, 2.05) is 0 Å². The second kappa shape index (κ2) is 11.7. The van der Waals surface area contributed by atoms with Crippen LogP contribution in [0.3, 0.4) is 0 Å². The van der Waals surface area contributed by atoms with Gasteiger partial charge >= 0.3 is 0 Å². The summed E-state index contributed by atoms with van der Waals surface area (Å²) in [5.74, 6) is 1.17. The van der Waals surface area contributed by atoms with Crippen molar-refractivity contribution in [3.05, 3.63) is 127 Å². The molecule has 2 heterocycles. The van der Waals surface area contributed by atoms with Crippen molar-refractivity contribution in [2.45, 2.75) is 37.3 Å². The third-order valence-electron chi connectivity index (χ3n) is 7.07. The predicted octanol–water partition coefficient (Wildman–Crippen LogP) is 5.72. The minimum atomic E-state index is -0.749. The highest BCUT2D eigenvalue weighted by molar-refractivity contribution is 5.45. The number of hydrogen-bond donors (Lipinski definition) is 4. The van der Waals surface area contributed by atoms with Gasteiger partial charge in [-0.3, -0.25) is 20.2 Å². The SMILES string of the molecule is O=[N+]([O-])c1ccc(C2CC(O)c3cc(O)ccc3O2)cc1.O=[N+]([O-])c1ccc(C2CC(O)c3cc(O)ccc3O2)cc1. The summed E-state index contributed by atoms with van der Waals surface area (Å²) < 4.78 is 11.6. The summed E-state index contributed by atoms with van der Waals surface area (Å²) in [5, 5.41) is 60.5. The molecule has 0 radical (unpaired) electrons. The Bertz CT molecular complexity index is 1490. The van der Waals surface area contributed by atoms with Gasteiger partial charge in [-0.2, -0.15) is 0 Å². The molecular formula is C30H26N2O10. The summed E-state index contributed by atoms with van der Waals surface area (Å²) in [7, 11) is 0. The van der Waals surface area contributed by atoms with Gasteiger partial charge in [0.05, 0.1) is 22.1 Å². The van der Waals surface area contributed by atoms with Crippen molar-refractivity contribution in [2.24, 2.45) is 0 Å². The van der Waals surface area contributed by atoms with Crippen molar-refractivity contribution in [3.8, 4) is 23.0 Å². The fraction of sp³-hybridized carbons (Fsp3) is 0.200. The van der Waals surface area contributed by atoms with Gasteiger partial charge in [-0.25, -0.2) is 0 Å². The number of phenolic OH excluding ortho intramolecular Hbond substituents is 2. The fourth-order valence-corrected chi connectivity index (χ4v) is 4.90. The number of aromatic hydroxyl groups is 2. The average Bonchev–Trinajstić information content (AvgIpc) is 2.98. The molecule has 0 fully saturated rings. The molecule has 4 aromatic rings. The summed E-state index contributed by atoms with van der Waals surface area (Å²) in [6.07, 6.45) is -1.60. The number of hydrogen-bond acceptors (Lipinski definition) is 10. The third-order valence-corrected chi connectivity index (χ3v) is 7.07. The summed E-state index contributed by atoms with van der Waals surface area (Å²) in [4.78, 5) is 20.4. The Kier molecular flexibility index (Phi) is 7.91. The van der Waals surface area contributed by atoms with E-state index in [1.54, 1.807) is 36.4 Å². The Hall–Kier alpha value is -5.20. The average molecular weight is 575 g/mol. The topological polar surface area (TPSA) is 186 Å². The van der Waals surface area contributed by atoms with Crippen LogP contribution in [0.4, 0.5) is 11.4 Å². The molecule has 4 N–H and O–H groups in total. The molecule has 0 amide bonds. The van der Waals surface area contributed by atoms with Crippen LogP contribution in [0, 0.1) is 20.2 Å². The lowest BCUT2D eigenvalue weighted by Crippen LogP contribution is -2.18. The molecule has 216 valence electrons. The van der Waals surface area contributed by atoms with E-state index in [0.29, 0.717) is 35.5 Å². The van der Waals surface area contributed by atoms with Gasteiger partial charge in [-0.05, 0) is 71.8 Å². The van der Waals surface area contributed by atoms with Crippen molar-refractivity contribution in [2.75, 3.05) is 0 Å². The smallest absolute Gasteiger partial charge is 0.269 e. The van der Waals surface area contributed by atoms with Crippen molar-refractivity contribution in [1.29, 1.82) is 0 Å². The largest absolute Gasteiger partial charge is 0.508 e. The van der Waals surface area contributed by atoms with Crippen LogP contribution in [0.1, 0.15) is 59.5 Å². The molecule has 12 heteroatoms. The zero-order valence-corrected chi connectivity index (χ0v) is 21.9. The Morgan fingerprint density at radius 1 is 0.595 bits per heavy atom. The van der Waals surface area contributed by atoms with Crippen LogP contribution in [0.25, 0.3) is 0 Å². The highest BCUT2D eigenvalue weighted by atomic mass is 16.6. The molecule has 12 nitrogen and oxygen atoms in total. The first-order valence-electron chi connectivity index (χ1n) is 12.9. The molecule has 2 aliphatic rings. The van der Waals surface area contributed by atoms with E-state index in [1.165, 1.54) is 48.5 Å². The fourth-order valence-electron chi connectivity index (χ4n) is 4.90. The molecule has 0 bridgehead atoms. The van der Waals surface area contributed by atoms with Gasteiger partial charge in [0.1, 0.15) is 35.2 Å². The first kappa shape index (κ1) is 28.3. The van der Waals surface area contributed by atoms with Gasteiger partial charge < -0.3 is 29.9 Å². The van der Waals surface area contributed by atoms with Crippen molar-refractivity contribution < 1.29 is 39.7 Å². The van der Waals surface area contributed by atoms with Gasteiger partial charge in [0.25, 0.3) is 11.4 Å². The quantitative estimate of drug-likeness (QED) is 0.174. The second-order valence-corrected chi connectivity index (χ2v) is 9.86. The zero-order valence-electron chi connectivity index (χ0n) is 21.9. The highest BCUT2D eigenvalue weighted by Gasteiger charge is 2.30. The number of nitrogens with zero attached hydrogens (tertiary/aromatic N) is 2. The number of non-ortho nitro benzene ring substituents is 2. The molecule has 4 aromatic carbocycles. The summed E-state index contributed by atoms with van der Waals surface area (Å²) >= 11 is 0. The van der Waals surface area contributed by atoms with E-state index < -0.39 is 22.1 Å². The van der Waals surface area contributed by atoms with Gasteiger partial charge in [-0.15, -0.1) is 0 Å². The van der Waals surface area contributed by atoms with Crippen LogP contribution in [0.5, 0.6) is 23.0 Å². The van der Waals surface area contributed by atoms with Crippen LogP contribution in [0.15, 0.2) is 84.9 Å². The number of aliphatic hydroxyl groups is 2. The van der Waals surface area contributed by atoms with Crippen LogP contribution < -0.4 is 9.47 Å². The zero-order chi connectivity index (χ0) is 30.0. The second-order valence-electron chi connectivity index (χ2n) is 9.86. The Labute approximate surface area is 238 Å². The molecule has 0 saturated heterocycles. The summed E-state index contributed by atoms with van der Waals surface area (Å²) in [6, 6.07) is 21.3. The third kappa shape index (κ3) is 6.09. The maximum absolute atomic E-state index is 10.6. The van der Waals surface area contributed by atoms with E-state index in [-0.39, 0.29) is 35.1 Å². The Balaban J connectivity index is 0.000000168. The Morgan fingerprint density at radius 2 is 0.952 bits per heavy atom. The first-order chi connectivity index (χ1) is 20.1. The maximum Gasteiger partial charge on any atom is 0.269 e. The van der Waals surface area contributed by atoms with Crippen LogP contribution >= 0.6 is 0 Å². The minimum absolute atomic E-state index is 0.0143. The van der Waals surface area contributed by atoms with Crippen LogP contribution in [-0.2, 0) is 0 Å². The standard InChI is InChI=1S/2C15H13NO5/c2*17-11-5-6-14-12(7-11)13(18)8-15(21-14)9-1-3-10(4-2-9)16(19)20/h2*1-7,13,15,17-18H,8H2. The van der Waals surface area contributed by atoms with Crippen LogP contribution in [0.2, 0.25) is 0 Å². The van der Waals surface area contributed by atoms with E-state index in [4.69, 9.17) is 9.47 Å². The van der Waals surface area contributed by atoms with Gasteiger partial charge in [0.2, 0.25) is 0 Å². The number of rotatable bonds is 4. The molecule has 0 aliphatic carbocycles. The molecule has 2 aliphatic heterocycles.